The number of amides is 1. The fraction of sp³-hybridized carbons (Fsp3) is 0.385. The summed E-state index contributed by atoms with van der Waals surface area (Å²) in [5, 5.41) is 11.2. The van der Waals surface area contributed by atoms with Gasteiger partial charge in [-0.3, -0.25) is 9.59 Å². The number of nitrogens with one attached hydrogen (secondary N) is 1. The van der Waals surface area contributed by atoms with Crippen molar-refractivity contribution in [3.8, 4) is 5.75 Å². The van der Waals surface area contributed by atoms with E-state index in [9.17, 15) is 22.8 Å². The van der Waals surface area contributed by atoms with E-state index in [-0.39, 0.29) is 5.75 Å². The first-order valence-electron chi connectivity index (χ1n) is 5.99. The molecule has 1 aromatic rings. The van der Waals surface area contributed by atoms with Gasteiger partial charge in [-0.25, -0.2) is 0 Å². The third-order valence-electron chi connectivity index (χ3n) is 2.74. The van der Waals surface area contributed by atoms with Crippen LogP contribution in [0.2, 0.25) is 0 Å². The molecule has 0 aliphatic carbocycles. The zero-order valence-corrected chi connectivity index (χ0v) is 11.3. The summed E-state index contributed by atoms with van der Waals surface area (Å²) in [4.78, 5) is 22.2. The summed E-state index contributed by atoms with van der Waals surface area (Å²) in [6, 6.07) is 4.41. The summed E-state index contributed by atoms with van der Waals surface area (Å²) in [5.41, 5.74) is 0.524. The molecule has 0 aliphatic rings. The first-order chi connectivity index (χ1) is 9.60. The molecule has 0 aromatic heterocycles. The first-order valence-corrected chi connectivity index (χ1v) is 5.99. The monoisotopic (exact) mass is 305 g/mol. The van der Waals surface area contributed by atoms with Crippen molar-refractivity contribution in [1.29, 1.82) is 0 Å². The van der Waals surface area contributed by atoms with Crippen molar-refractivity contribution in [1.82, 2.24) is 5.32 Å². The van der Waals surface area contributed by atoms with E-state index in [1.165, 1.54) is 19.1 Å². The van der Waals surface area contributed by atoms with Crippen molar-refractivity contribution in [2.24, 2.45) is 5.92 Å². The average Bonchev–Trinajstić information content (AvgIpc) is 2.36. The predicted octanol–water partition coefficient (Wildman–Crippen LogP) is 2.48. The Labute approximate surface area is 118 Å². The molecule has 0 bridgehead atoms. The van der Waals surface area contributed by atoms with Crippen LogP contribution in [0.4, 0.5) is 13.2 Å². The van der Waals surface area contributed by atoms with Gasteiger partial charge in [0.2, 0.25) is 5.91 Å². The molecule has 1 amide bonds. The van der Waals surface area contributed by atoms with E-state index in [0.717, 1.165) is 12.1 Å². The third-order valence-corrected chi connectivity index (χ3v) is 2.74. The highest BCUT2D eigenvalue weighted by Gasteiger charge is 2.31. The standard InChI is InChI=1S/C13H14F3NO4/c1-7(12(19)20)11(18)17-8(2)9-3-5-10(6-4-9)21-13(14,15)16/h3-8H,1-2H3,(H,17,18)(H,19,20)/t7?,8-/m0/s1. The number of carbonyl (C=O) groups is 2. The van der Waals surface area contributed by atoms with Gasteiger partial charge in [0, 0.05) is 0 Å². The quantitative estimate of drug-likeness (QED) is 0.820. The minimum atomic E-state index is -4.77. The molecule has 0 radical (unpaired) electrons. The lowest BCUT2D eigenvalue weighted by molar-refractivity contribution is -0.274. The average molecular weight is 305 g/mol. The number of hydrogen-bond acceptors (Lipinski definition) is 3. The number of halogens is 3. The van der Waals surface area contributed by atoms with Crippen LogP contribution in [0.15, 0.2) is 24.3 Å². The van der Waals surface area contributed by atoms with Crippen LogP contribution in [0.1, 0.15) is 25.5 Å². The number of rotatable bonds is 5. The molecule has 8 heteroatoms. The van der Waals surface area contributed by atoms with Gasteiger partial charge in [0.25, 0.3) is 0 Å². The molecule has 0 spiro atoms. The maximum absolute atomic E-state index is 12.0. The van der Waals surface area contributed by atoms with Crippen LogP contribution < -0.4 is 10.1 Å². The zero-order valence-electron chi connectivity index (χ0n) is 11.3. The van der Waals surface area contributed by atoms with Crippen molar-refractivity contribution in [3.63, 3.8) is 0 Å². The molecule has 0 saturated heterocycles. The molecule has 0 fully saturated rings. The van der Waals surface area contributed by atoms with Crippen LogP contribution in [0.3, 0.4) is 0 Å². The second-order valence-electron chi connectivity index (χ2n) is 4.41. The molecule has 0 heterocycles. The number of hydrogen-bond donors (Lipinski definition) is 2. The van der Waals surface area contributed by atoms with Gasteiger partial charge < -0.3 is 15.2 Å². The van der Waals surface area contributed by atoms with Gasteiger partial charge in [0.05, 0.1) is 6.04 Å². The van der Waals surface area contributed by atoms with Crippen LogP contribution in [-0.2, 0) is 9.59 Å². The van der Waals surface area contributed by atoms with Crippen LogP contribution in [0.25, 0.3) is 0 Å². The Morgan fingerprint density at radius 2 is 1.71 bits per heavy atom. The lowest BCUT2D eigenvalue weighted by Gasteiger charge is -2.16. The highest BCUT2D eigenvalue weighted by molar-refractivity contribution is 5.96. The molecule has 1 unspecified atom stereocenters. The second-order valence-corrected chi connectivity index (χ2v) is 4.41. The van der Waals surface area contributed by atoms with Gasteiger partial charge in [-0.05, 0) is 31.5 Å². The topological polar surface area (TPSA) is 75.6 Å². The maximum Gasteiger partial charge on any atom is 0.573 e. The fourth-order valence-corrected chi connectivity index (χ4v) is 1.49. The molecule has 21 heavy (non-hydrogen) atoms. The smallest absolute Gasteiger partial charge is 0.481 e. The van der Waals surface area contributed by atoms with E-state index in [1.807, 2.05) is 0 Å². The second kappa shape index (κ2) is 6.47. The Balaban J connectivity index is 2.69. The van der Waals surface area contributed by atoms with Crippen molar-refractivity contribution in [2.75, 3.05) is 0 Å². The molecule has 116 valence electrons. The van der Waals surface area contributed by atoms with Crippen molar-refractivity contribution < 1.29 is 32.6 Å². The molecule has 5 nitrogen and oxygen atoms in total. The van der Waals surface area contributed by atoms with Gasteiger partial charge in [-0.1, -0.05) is 12.1 Å². The summed E-state index contributed by atoms with van der Waals surface area (Å²) in [6.45, 7) is 2.83. The summed E-state index contributed by atoms with van der Waals surface area (Å²) >= 11 is 0. The molecule has 0 saturated carbocycles. The number of benzene rings is 1. The number of aliphatic carboxylic acids is 1. The number of alkyl halides is 3. The van der Waals surface area contributed by atoms with Gasteiger partial charge >= 0.3 is 12.3 Å². The van der Waals surface area contributed by atoms with Crippen molar-refractivity contribution in [3.05, 3.63) is 29.8 Å². The van der Waals surface area contributed by atoms with E-state index in [1.54, 1.807) is 6.92 Å². The minimum Gasteiger partial charge on any atom is -0.481 e. The molecular weight excluding hydrogens is 291 g/mol. The summed E-state index contributed by atoms with van der Waals surface area (Å²) < 4.78 is 39.7. The Kier molecular flexibility index (Phi) is 5.17. The zero-order chi connectivity index (χ0) is 16.2. The van der Waals surface area contributed by atoms with Gasteiger partial charge in [-0.15, -0.1) is 13.2 Å². The van der Waals surface area contributed by atoms with E-state index in [4.69, 9.17) is 5.11 Å². The fourth-order valence-electron chi connectivity index (χ4n) is 1.49. The van der Waals surface area contributed by atoms with Crippen molar-refractivity contribution in [2.45, 2.75) is 26.3 Å². The highest BCUT2D eigenvalue weighted by Crippen LogP contribution is 2.24. The van der Waals surface area contributed by atoms with Gasteiger partial charge in [0.1, 0.15) is 11.7 Å². The number of carboxylic acid groups (broad SMARTS) is 1. The predicted molar refractivity (Wildman–Crippen MR) is 66.5 cm³/mol. The molecule has 1 rings (SSSR count). The summed E-state index contributed by atoms with van der Waals surface area (Å²) in [5.74, 6) is -3.51. The lowest BCUT2D eigenvalue weighted by Crippen LogP contribution is -2.35. The Morgan fingerprint density at radius 3 is 2.14 bits per heavy atom. The van der Waals surface area contributed by atoms with Crippen LogP contribution in [0, 0.1) is 5.92 Å². The number of carboxylic acids is 1. The van der Waals surface area contributed by atoms with E-state index < -0.39 is 30.2 Å². The van der Waals surface area contributed by atoms with Crippen molar-refractivity contribution >= 4 is 11.9 Å². The lowest BCUT2D eigenvalue weighted by atomic mass is 10.1. The Morgan fingerprint density at radius 1 is 1.19 bits per heavy atom. The SMILES string of the molecule is CC(C(=O)O)C(=O)N[C@@H](C)c1ccc(OC(F)(F)F)cc1. The third kappa shape index (κ3) is 5.33. The number of carbonyl (C=O) groups excluding carboxylic acids is 1. The highest BCUT2D eigenvalue weighted by atomic mass is 19.4. The molecular formula is C13H14F3NO4. The molecule has 0 aliphatic heterocycles. The summed E-state index contributed by atoms with van der Waals surface area (Å²) in [6.07, 6.45) is -4.77. The van der Waals surface area contributed by atoms with Crippen LogP contribution in [-0.4, -0.2) is 23.3 Å². The van der Waals surface area contributed by atoms with Crippen LogP contribution >= 0.6 is 0 Å². The normalized spacial score (nSPS) is 14.1. The van der Waals surface area contributed by atoms with E-state index in [2.05, 4.69) is 10.1 Å². The molecule has 1 aromatic carbocycles. The first kappa shape index (κ1) is 16.8. The maximum atomic E-state index is 12.0. The largest absolute Gasteiger partial charge is 0.573 e. The summed E-state index contributed by atoms with van der Waals surface area (Å²) in [7, 11) is 0. The molecule has 2 N–H and O–H groups in total. The van der Waals surface area contributed by atoms with E-state index >= 15 is 0 Å². The number of ether oxygens (including phenoxy) is 1. The van der Waals surface area contributed by atoms with Gasteiger partial charge in [0.15, 0.2) is 0 Å². The van der Waals surface area contributed by atoms with Gasteiger partial charge in [-0.2, -0.15) is 0 Å². The minimum absolute atomic E-state index is 0.372. The Bertz CT molecular complexity index is 513. The Hall–Kier alpha value is -2.25. The van der Waals surface area contributed by atoms with E-state index in [0.29, 0.717) is 5.56 Å². The van der Waals surface area contributed by atoms with Crippen LogP contribution in [0.5, 0.6) is 5.75 Å². The molecule has 2 atom stereocenters.